The second-order valence-corrected chi connectivity index (χ2v) is 7.93. The zero-order chi connectivity index (χ0) is 18.3. The minimum Gasteiger partial charge on any atom is -0.497 e. The molecule has 5 heteroatoms. The molecule has 0 radical (unpaired) electrons. The van der Waals surface area contributed by atoms with Crippen molar-refractivity contribution < 1.29 is 19.3 Å². The lowest BCUT2D eigenvalue weighted by Gasteiger charge is -2.32. The average molecular weight is 362 g/mol. The maximum Gasteiger partial charge on any atom is 0.188 e. The molecule has 1 N–H and O–H groups in total. The average Bonchev–Trinajstić information content (AvgIpc) is 2.66. The third kappa shape index (κ3) is 4.72. The van der Waals surface area contributed by atoms with Crippen LogP contribution < -0.4 is 14.8 Å². The summed E-state index contributed by atoms with van der Waals surface area (Å²) in [7, 11) is 3.78. The fourth-order valence-corrected chi connectivity index (χ4v) is 4.34. The summed E-state index contributed by atoms with van der Waals surface area (Å²) in [4.78, 5) is 0. The van der Waals surface area contributed by atoms with Crippen molar-refractivity contribution in [2.24, 2.45) is 0 Å². The second kappa shape index (κ2) is 9.19. The van der Waals surface area contributed by atoms with Gasteiger partial charge in [-0.1, -0.05) is 46.7 Å². The Labute approximate surface area is 151 Å². The van der Waals surface area contributed by atoms with Crippen LogP contribution in [0.2, 0.25) is 0 Å². The predicted octanol–water partition coefficient (Wildman–Crippen LogP) is 3.80. The van der Waals surface area contributed by atoms with Gasteiger partial charge < -0.3 is 19.3 Å². The van der Waals surface area contributed by atoms with Crippen LogP contribution in [0.5, 0.6) is 11.5 Å². The highest BCUT2D eigenvalue weighted by molar-refractivity contribution is 7.48. The molecule has 136 valence electrons. The minimum absolute atomic E-state index is 0.0497. The molecule has 0 aliphatic carbocycles. The van der Waals surface area contributed by atoms with Crippen LogP contribution in [-0.4, -0.2) is 26.1 Å². The van der Waals surface area contributed by atoms with Crippen LogP contribution >= 0.6 is 8.58 Å². The van der Waals surface area contributed by atoms with E-state index < -0.39 is 0 Å². The largest absolute Gasteiger partial charge is 0.497 e. The predicted molar refractivity (Wildman–Crippen MR) is 103 cm³/mol. The molecule has 25 heavy (non-hydrogen) atoms. The number of methoxy groups -OCH3 is 2. The molecule has 2 aromatic carbocycles. The normalized spacial score (nSPS) is 13.8. The van der Waals surface area contributed by atoms with Gasteiger partial charge in [0, 0.05) is 17.8 Å². The van der Waals surface area contributed by atoms with E-state index in [2.05, 4.69) is 19.9 Å². The van der Waals surface area contributed by atoms with E-state index in [0.717, 1.165) is 29.0 Å². The highest BCUT2D eigenvalue weighted by atomic mass is 31.1. The van der Waals surface area contributed by atoms with Gasteiger partial charge in [0.05, 0.1) is 13.7 Å². The number of benzene rings is 2. The fraction of sp³-hybridized carbons (Fsp3) is 0.400. The van der Waals surface area contributed by atoms with Crippen molar-refractivity contribution in [3.8, 4) is 11.5 Å². The SMILES string of the molecule is CCC(C)(Pc1ccccc1CO)c1cc(OC)ccc1OCOC. The van der Waals surface area contributed by atoms with Crippen molar-refractivity contribution >= 4 is 13.9 Å². The van der Waals surface area contributed by atoms with E-state index in [0.29, 0.717) is 8.58 Å². The first-order valence-corrected chi connectivity index (χ1v) is 9.35. The van der Waals surface area contributed by atoms with Crippen molar-refractivity contribution in [2.45, 2.75) is 32.0 Å². The fourth-order valence-electron chi connectivity index (χ4n) is 2.74. The van der Waals surface area contributed by atoms with Gasteiger partial charge in [-0.15, -0.1) is 0 Å². The summed E-state index contributed by atoms with van der Waals surface area (Å²) in [5, 5.41) is 10.7. The number of hydrogen-bond donors (Lipinski definition) is 1. The summed E-state index contributed by atoms with van der Waals surface area (Å²) in [5.74, 6) is 1.61. The summed E-state index contributed by atoms with van der Waals surface area (Å²) in [6.45, 7) is 4.66. The number of ether oxygens (including phenoxy) is 3. The molecule has 0 saturated heterocycles. The minimum atomic E-state index is -0.136. The standard InChI is InChI=1S/C20H27O4P/c1-5-20(2,25-19-9-7-6-8-15(19)13-21)17-12-16(23-4)10-11-18(17)24-14-22-3/h6-12,21,25H,5,13-14H2,1-4H3. The zero-order valence-electron chi connectivity index (χ0n) is 15.3. The molecule has 0 aliphatic rings. The Morgan fingerprint density at radius 2 is 1.88 bits per heavy atom. The highest BCUT2D eigenvalue weighted by Gasteiger charge is 2.30. The van der Waals surface area contributed by atoms with Crippen molar-refractivity contribution in [3.63, 3.8) is 0 Å². The Balaban J connectivity index is 2.46. The summed E-state index contributed by atoms with van der Waals surface area (Å²) < 4.78 is 16.3. The van der Waals surface area contributed by atoms with E-state index in [1.54, 1.807) is 14.2 Å². The van der Waals surface area contributed by atoms with Gasteiger partial charge in [-0.3, -0.25) is 0 Å². The summed E-state index contributed by atoms with van der Waals surface area (Å²) in [6, 6.07) is 13.9. The van der Waals surface area contributed by atoms with Gasteiger partial charge in [0.2, 0.25) is 0 Å². The smallest absolute Gasteiger partial charge is 0.188 e. The van der Waals surface area contributed by atoms with Gasteiger partial charge in [0.25, 0.3) is 0 Å². The molecule has 2 rings (SSSR count). The Bertz CT molecular complexity index is 689. The van der Waals surface area contributed by atoms with Gasteiger partial charge in [-0.2, -0.15) is 0 Å². The Morgan fingerprint density at radius 1 is 1.12 bits per heavy atom. The van der Waals surface area contributed by atoms with E-state index >= 15 is 0 Å². The van der Waals surface area contributed by atoms with E-state index in [1.165, 1.54) is 5.30 Å². The third-order valence-corrected chi connectivity index (χ3v) is 6.35. The lowest BCUT2D eigenvalue weighted by Crippen LogP contribution is -2.21. The van der Waals surface area contributed by atoms with Crippen LogP contribution in [-0.2, 0) is 16.5 Å². The van der Waals surface area contributed by atoms with Crippen molar-refractivity contribution in [1.29, 1.82) is 0 Å². The van der Waals surface area contributed by atoms with Gasteiger partial charge in [0.15, 0.2) is 6.79 Å². The van der Waals surface area contributed by atoms with Gasteiger partial charge in [-0.05, 0) is 35.5 Å². The molecular formula is C20H27O4P. The first-order chi connectivity index (χ1) is 12.1. The molecule has 2 unspecified atom stereocenters. The molecular weight excluding hydrogens is 335 g/mol. The lowest BCUT2D eigenvalue weighted by atomic mass is 9.96. The van der Waals surface area contributed by atoms with Gasteiger partial charge in [0.1, 0.15) is 11.5 Å². The van der Waals surface area contributed by atoms with Crippen LogP contribution in [0.3, 0.4) is 0 Å². The summed E-state index contributed by atoms with van der Waals surface area (Å²) in [6.07, 6.45) is 0.932. The molecule has 0 spiro atoms. The van der Waals surface area contributed by atoms with Crippen molar-refractivity contribution in [1.82, 2.24) is 0 Å². The Hall–Kier alpha value is -1.61. The second-order valence-electron chi connectivity index (χ2n) is 6.04. The Morgan fingerprint density at radius 3 is 2.52 bits per heavy atom. The molecule has 0 saturated carbocycles. The molecule has 0 aliphatic heterocycles. The maximum absolute atomic E-state index is 9.65. The number of aliphatic hydroxyl groups is 1. The van der Waals surface area contributed by atoms with Crippen LogP contribution in [0.15, 0.2) is 42.5 Å². The first kappa shape index (κ1) is 19.7. The maximum atomic E-state index is 9.65. The zero-order valence-corrected chi connectivity index (χ0v) is 16.3. The third-order valence-electron chi connectivity index (χ3n) is 4.42. The molecule has 0 aromatic heterocycles. The number of aliphatic hydroxyl groups excluding tert-OH is 1. The molecule has 2 atom stereocenters. The van der Waals surface area contributed by atoms with Crippen LogP contribution in [0.4, 0.5) is 0 Å². The highest BCUT2D eigenvalue weighted by Crippen LogP contribution is 2.48. The van der Waals surface area contributed by atoms with Gasteiger partial charge in [-0.25, -0.2) is 0 Å². The van der Waals surface area contributed by atoms with E-state index in [4.69, 9.17) is 14.2 Å². The quantitative estimate of drug-likeness (QED) is 0.544. The molecule has 2 aromatic rings. The van der Waals surface area contributed by atoms with E-state index in [1.807, 2.05) is 36.4 Å². The van der Waals surface area contributed by atoms with Crippen LogP contribution in [0, 0.1) is 0 Å². The molecule has 0 bridgehead atoms. The molecule has 0 amide bonds. The topological polar surface area (TPSA) is 47.9 Å². The molecule has 0 heterocycles. The number of hydrogen-bond acceptors (Lipinski definition) is 4. The summed E-state index contributed by atoms with van der Waals surface area (Å²) in [5.41, 5.74) is 2.07. The Kier molecular flexibility index (Phi) is 7.24. The number of rotatable bonds is 9. The first-order valence-electron chi connectivity index (χ1n) is 8.35. The van der Waals surface area contributed by atoms with E-state index in [9.17, 15) is 5.11 Å². The summed E-state index contributed by atoms with van der Waals surface area (Å²) >= 11 is 0. The molecule has 4 nitrogen and oxygen atoms in total. The van der Waals surface area contributed by atoms with Crippen molar-refractivity contribution in [3.05, 3.63) is 53.6 Å². The lowest BCUT2D eigenvalue weighted by molar-refractivity contribution is 0.0500. The monoisotopic (exact) mass is 362 g/mol. The van der Waals surface area contributed by atoms with Crippen LogP contribution in [0.25, 0.3) is 0 Å². The molecule has 0 fully saturated rings. The van der Waals surface area contributed by atoms with Crippen LogP contribution in [0.1, 0.15) is 31.4 Å². The van der Waals surface area contributed by atoms with E-state index in [-0.39, 0.29) is 18.6 Å². The van der Waals surface area contributed by atoms with Crippen molar-refractivity contribution in [2.75, 3.05) is 21.0 Å². The van der Waals surface area contributed by atoms with Gasteiger partial charge >= 0.3 is 0 Å².